The Morgan fingerprint density at radius 3 is 2.31 bits per heavy atom. The Hall–Kier alpha value is -3.46. The summed E-state index contributed by atoms with van der Waals surface area (Å²) in [7, 11) is 0. The number of hydrogen-bond donors (Lipinski definition) is 3. The number of hydroxylamine groups is 1. The number of aromatic nitrogens is 2. The molecule has 0 bridgehead atoms. The summed E-state index contributed by atoms with van der Waals surface area (Å²) in [5.74, 6) is -2.75. The van der Waals surface area contributed by atoms with Gasteiger partial charge in [-0.1, -0.05) is 70.2 Å². The van der Waals surface area contributed by atoms with Crippen LogP contribution in [0.25, 0.3) is 6.08 Å². The van der Waals surface area contributed by atoms with Crippen molar-refractivity contribution in [3.8, 4) is 0 Å². The molecule has 0 aliphatic heterocycles. The molecule has 0 aliphatic carbocycles. The van der Waals surface area contributed by atoms with Crippen LogP contribution >= 0.6 is 0 Å². The van der Waals surface area contributed by atoms with E-state index in [1.54, 1.807) is 23.9 Å². The van der Waals surface area contributed by atoms with E-state index in [4.69, 9.17) is 0 Å². The van der Waals surface area contributed by atoms with Crippen molar-refractivity contribution < 1.29 is 19.6 Å². The van der Waals surface area contributed by atoms with Crippen LogP contribution < -0.4 is 10.9 Å². The third-order valence-corrected chi connectivity index (χ3v) is 5.45. The van der Waals surface area contributed by atoms with Crippen LogP contribution in [-0.2, 0) is 20.9 Å². The number of benzene rings is 1. The second-order valence-electron chi connectivity index (χ2n) is 9.45. The van der Waals surface area contributed by atoms with E-state index in [0.717, 1.165) is 5.56 Å². The standard InChI is InChI=1S/C26H37N5O4/c1-19(2)16-23(22(26(34)29-35)13-8-12-21-10-6-5-7-11-21)25(33)28-31(17-20(3)4)24(32)18-30-15-9-14-27-30/h5-12,14-15,19-20,22-23,35H,13,16-18H2,1-4H3,(H,28,33)(H,29,34)/t22-,23+/m0/s1. The molecule has 3 N–H and O–H groups in total. The molecule has 2 atom stereocenters. The van der Waals surface area contributed by atoms with Gasteiger partial charge in [0.15, 0.2) is 0 Å². The lowest BCUT2D eigenvalue weighted by molar-refractivity contribution is -0.148. The first-order valence-corrected chi connectivity index (χ1v) is 11.9. The Kier molecular flexibility index (Phi) is 11.2. The Morgan fingerprint density at radius 2 is 1.74 bits per heavy atom. The van der Waals surface area contributed by atoms with E-state index in [9.17, 15) is 19.6 Å². The second-order valence-corrected chi connectivity index (χ2v) is 9.45. The Morgan fingerprint density at radius 1 is 1.03 bits per heavy atom. The molecule has 0 spiro atoms. The Labute approximate surface area is 207 Å². The van der Waals surface area contributed by atoms with Crippen LogP contribution in [0.3, 0.4) is 0 Å². The van der Waals surface area contributed by atoms with Crippen LogP contribution in [0.2, 0.25) is 0 Å². The molecule has 35 heavy (non-hydrogen) atoms. The highest BCUT2D eigenvalue weighted by molar-refractivity contribution is 5.88. The van der Waals surface area contributed by atoms with Crippen LogP contribution in [0.4, 0.5) is 0 Å². The number of rotatable bonds is 12. The molecule has 0 saturated heterocycles. The SMILES string of the molecule is CC(C)C[C@@H](C(=O)NN(CC(C)C)C(=O)Cn1cccn1)[C@H](CC=Cc1ccccc1)C(=O)NO. The summed E-state index contributed by atoms with van der Waals surface area (Å²) in [5.41, 5.74) is 5.43. The molecule has 3 amide bonds. The minimum atomic E-state index is -0.815. The normalized spacial score (nSPS) is 13.1. The highest BCUT2D eigenvalue weighted by Crippen LogP contribution is 2.25. The van der Waals surface area contributed by atoms with E-state index < -0.39 is 23.7 Å². The fourth-order valence-corrected chi connectivity index (χ4v) is 3.82. The lowest BCUT2D eigenvalue weighted by Gasteiger charge is -2.30. The third kappa shape index (κ3) is 9.36. The zero-order valence-electron chi connectivity index (χ0n) is 20.9. The molecule has 0 radical (unpaired) electrons. The molecule has 1 aromatic carbocycles. The minimum Gasteiger partial charge on any atom is -0.289 e. The lowest BCUT2D eigenvalue weighted by Crippen LogP contribution is -2.53. The van der Waals surface area contributed by atoms with Gasteiger partial charge in [-0.3, -0.25) is 34.7 Å². The number of carbonyl (C=O) groups is 3. The highest BCUT2D eigenvalue weighted by atomic mass is 16.5. The van der Waals surface area contributed by atoms with Gasteiger partial charge in [0.2, 0.25) is 11.8 Å². The molecule has 1 aromatic heterocycles. The molecule has 0 unspecified atom stereocenters. The van der Waals surface area contributed by atoms with Crippen LogP contribution in [-0.4, -0.2) is 44.3 Å². The van der Waals surface area contributed by atoms with Gasteiger partial charge >= 0.3 is 0 Å². The monoisotopic (exact) mass is 483 g/mol. The Balaban J connectivity index is 2.23. The summed E-state index contributed by atoms with van der Waals surface area (Å²) in [5, 5.41) is 14.8. The number of allylic oxidation sites excluding steroid dienone is 1. The molecule has 2 aromatic rings. The van der Waals surface area contributed by atoms with E-state index in [1.165, 1.54) is 9.69 Å². The molecule has 2 rings (SSSR count). The first-order chi connectivity index (χ1) is 16.7. The number of amides is 3. The molecule has 9 heteroatoms. The van der Waals surface area contributed by atoms with Gasteiger partial charge in [-0.15, -0.1) is 0 Å². The van der Waals surface area contributed by atoms with Gasteiger partial charge in [-0.05, 0) is 36.3 Å². The summed E-state index contributed by atoms with van der Waals surface area (Å²) in [6, 6.07) is 11.3. The van der Waals surface area contributed by atoms with Gasteiger partial charge in [0.1, 0.15) is 6.54 Å². The van der Waals surface area contributed by atoms with Crippen molar-refractivity contribution in [1.29, 1.82) is 0 Å². The third-order valence-electron chi connectivity index (χ3n) is 5.45. The van der Waals surface area contributed by atoms with Gasteiger partial charge in [0, 0.05) is 18.9 Å². The fraction of sp³-hybridized carbons (Fsp3) is 0.462. The summed E-state index contributed by atoms with van der Waals surface area (Å²) in [6.45, 7) is 8.11. The largest absolute Gasteiger partial charge is 0.289 e. The van der Waals surface area contributed by atoms with Gasteiger partial charge in [-0.2, -0.15) is 5.10 Å². The fourth-order valence-electron chi connectivity index (χ4n) is 3.82. The minimum absolute atomic E-state index is 0.0186. The van der Waals surface area contributed by atoms with Crippen LogP contribution in [0.5, 0.6) is 0 Å². The smallest absolute Gasteiger partial charge is 0.262 e. The van der Waals surface area contributed by atoms with E-state index in [-0.39, 0.29) is 30.7 Å². The molecule has 0 aliphatic rings. The second kappa shape index (κ2) is 14.1. The van der Waals surface area contributed by atoms with Crippen molar-refractivity contribution >= 4 is 23.8 Å². The topological polar surface area (TPSA) is 117 Å². The zero-order chi connectivity index (χ0) is 25.8. The van der Waals surface area contributed by atoms with Crippen LogP contribution in [0, 0.1) is 23.7 Å². The van der Waals surface area contributed by atoms with Crippen molar-refractivity contribution in [2.24, 2.45) is 23.7 Å². The summed E-state index contributed by atoms with van der Waals surface area (Å²) in [4.78, 5) is 39.0. The maximum atomic E-state index is 13.5. The molecule has 9 nitrogen and oxygen atoms in total. The van der Waals surface area contributed by atoms with Crippen molar-refractivity contribution in [3.05, 3.63) is 60.4 Å². The Bertz CT molecular complexity index is 957. The average Bonchev–Trinajstić information content (AvgIpc) is 3.33. The van der Waals surface area contributed by atoms with Gasteiger partial charge in [-0.25, -0.2) is 5.48 Å². The summed E-state index contributed by atoms with van der Waals surface area (Å²) < 4.78 is 1.49. The molecule has 0 fully saturated rings. The maximum absolute atomic E-state index is 13.5. The number of hydrazine groups is 1. The lowest BCUT2D eigenvalue weighted by atomic mass is 9.82. The predicted molar refractivity (Wildman–Crippen MR) is 133 cm³/mol. The molecule has 0 saturated carbocycles. The van der Waals surface area contributed by atoms with E-state index >= 15 is 0 Å². The first kappa shape index (κ1) is 27.8. The number of nitrogens with one attached hydrogen (secondary N) is 2. The average molecular weight is 484 g/mol. The van der Waals surface area contributed by atoms with Crippen molar-refractivity contribution in [2.75, 3.05) is 6.54 Å². The molecule has 190 valence electrons. The summed E-state index contributed by atoms with van der Waals surface area (Å²) in [6.07, 6.45) is 7.61. The molecular formula is C26H37N5O4. The van der Waals surface area contributed by atoms with E-state index in [1.807, 2.05) is 70.2 Å². The number of carbonyl (C=O) groups excluding carboxylic acids is 3. The van der Waals surface area contributed by atoms with Gasteiger partial charge in [0.25, 0.3) is 5.91 Å². The zero-order valence-corrected chi connectivity index (χ0v) is 20.9. The number of hydrogen-bond acceptors (Lipinski definition) is 5. The first-order valence-electron chi connectivity index (χ1n) is 11.9. The predicted octanol–water partition coefficient (Wildman–Crippen LogP) is 3.29. The molecular weight excluding hydrogens is 446 g/mol. The quantitative estimate of drug-likeness (QED) is 0.316. The van der Waals surface area contributed by atoms with Crippen molar-refractivity contribution in [3.63, 3.8) is 0 Å². The van der Waals surface area contributed by atoms with Gasteiger partial charge < -0.3 is 0 Å². The van der Waals surface area contributed by atoms with Crippen LogP contribution in [0.15, 0.2) is 54.9 Å². The van der Waals surface area contributed by atoms with E-state index in [0.29, 0.717) is 13.0 Å². The summed E-state index contributed by atoms with van der Waals surface area (Å²) >= 11 is 0. The van der Waals surface area contributed by atoms with Crippen molar-refractivity contribution in [1.82, 2.24) is 25.7 Å². The highest BCUT2D eigenvalue weighted by Gasteiger charge is 2.35. The number of nitrogens with zero attached hydrogens (tertiary/aromatic N) is 3. The van der Waals surface area contributed by atoms with Crippen molar-refractivity contribution in [2.45, 2.75) is 47.1 Å². The maximum Gasteiger partial charge on any atom is 0.262 e. The van der Waals surface area contributed by atoms with Crippen LogP contribution in [0.1, 0.15) is 46.1 Å². The molecule has 1 heterocycles. The van der Waals surface area contributed by atoms with E-state index in [2.05, 4.69) is 10.5 Å². The van der Waals surface area contributed by atoms with Gasteiger partial charge in [0.05, 0.1) is 11.8 Å².